The van der Waals surface area contributed by atoms with Crippen LogP contribution in [0.1, 0.15) is 12.8 Å². The fourth-order valence-corrected chi connectivity index (χ4v) is 4.61. The van der Waals surface area contributed by atoms with Gasteiger partial charge in [-0.15, -0.1) is 0 Å². The van der Waals surface area contributed by atoms with Gasteiger partial charge in [-0.05, 0) is 31.0 Å². The van der Waals surface area contributed by atoms with E-state index in [-0.39, 0.29) is 45.0 Å². The molecule has 11 heteroatoms. The first-order valence-electron chi connectivity index (χ1n) is 8.78. The summed E-state index contributed by atoms with van der Waals surface area (Å²) in [6, 6.07) is 9.53. The van der Waals surface area contributed by atoms with Crippen LogP contribution in [0.25, 0.3) is 11.0 Å². The maximum Gasteiger partial charge on any atom is 0.311 e. The number of hydrogen-bond donors (Lipinski definition) is 1. The molecule has 1 saturated heterocycles. The van der Waals surface area contributed by atoms with Gasteiger partial charge in [-0.1, -0.05) is 18.2 Å². The molecular weight excluding hydrogens is 440 g/mol. The van der Waals surface area contributed by atoms with Gasteiger partial charge in [0, 0.05) is 42.5 Å². The topological polar surface area (TPSA) is 116 Å². The second kappa shape index (κ2) is 8.50. The van der Waals surface area contributed by atoms with Crippen LogP contribution in [-0.2, 0) is 31.8 Å². The van der Waals surface area contributed by atoms with Crippen LogP contribution in [0.2, 0.25) is 0 Å². The summed E-state index contributed by atoms with van der Waals surface area (Å²) >= 11 is 0. The van der Waals surface area contributed by atoms with Gasteiger partial charge in [0.15, 0.2) is 5.65 Å². The van der Waals surface area contributed by atoms with Gasteiger partial charge < -0.3 is 10.1 Å². The van der Waals surface area contributed by atoms with Crippen LogP contribution >= 0.6 is 0 Å². The summed E-state index contributed by atoms with van der Waals surface area (Å²) in [6.45, 7) is 1.15. The van der Waals surface area contributed by atoms with Gasteiger partial charge >= 0.3 is 5.69 Å². The second-order valence-corrected chi connectivity index (χ2v) is 8.29. The third-order valence-corrected chi connectivity index (χ3v) is 6.41. The quantitative estimate of drug-likeness (QED) is 0.355. The fraction of sp³-hybridized carbons (Fsp3) is 0.278. The first-order valence-corrected chi connectivity index (χ1v) is 10.2. The van der Waals surface area contributed by atoms with Crippen molar-refractivity contribution < 1.29 is 35.1 Å². The minimum Gasteiger partial charge on any atom is -0.381 e. The summed E-state index contributed by atoms with van der Waals surface area (Å²) < 4.78 is 32.3. The van der Waals surface area contributed by atoms with Crippen LogP contribution in [0.5, 0.6) is 0 Å². The Labute approximate surface area is 177 Å². The Morgan fingerprint density at radius 2 is 1.86 bits per heavy atom. The first-order chi connectivity index (χ1) is 13.5. The zero-order chi connectivity index (χ0) is 19.7. The standard InChI is InChI=1S/C18H18N4O5S.Fe/c23-22(24)16-12-19-18-15(17(16)20-13-7-10-27-11-8-13)6-9-21(18)28(25,26)14-4-2-1-3-5-14;/h1-6,9,12-13H,7-8,10-11H2,(H,19,20);. The van der Waals surface area contributed by atoms with Gasteiger partial charge in [-0.25, -0.2) is 17.4 Å². The smallest absolute Gasteiger partial charge is 0.311 e. The van der Waals surface area contributed by atoms with Crippen molar-refractivity contribution in [1.29, 1.82) is 0 Å². The third-order valence-electron chi connectivity index (χ3n) is 4.73. The first kappa shape index (κ1) is 21.3. The summed E-state index contributed by atoms with van der Waals surface area (Å²) in [5.74, 6) is 0. The monoisotopic (exact) mass is 458 g/mol. The van der Waals surface area contributed by atoms with E-state index in [0.29, 0.717) is 31.4 Å². The minimum absolute atomic E-state index is 0. The molecule has 1 N–H and O–H groups in total. The van der Waals surface area contributed by atoms with Gasteiger partial charge in [0.05, 0.1) is 15.2 Å². The number of benzene rings is 1. The number of nitrogens with one attached hydrogen (secondary N) is 1. The van der Waals surface area contributed by atoms with Gasteiger partial charge in [-0.2, -0.15) is 0 Å². The molecule has 1 fully saturated rings. The van der Waals surface area contributed by atoms with Crippen LogP contribution in [0, 0.1) is 10.1 Å². The molecule has 2 aromatic heterocycles. The van der Waals surface area contributed by atoms with E-state index in [1.54, 1.807) is 18.2 Å². The maximum absolute atomic E-state index is 13.0. The van der Waals surface area contributed by atoms with Crippen molar-refractivity contribution in [2.24, 2.45) is 0 Å². The van der Waals surface area contributed by atoms with Crippen molar-refractivity contribution in [3.63, 3.8) is 0 Å². The molecule has 3 aromatic rings. The van der Waals surface area contributed by atoms with E-state index < -0.39 is 14.9 Å². The van der Waals surface area contributed by atoms with Crippen LogP contribution in [-0.4, -0.2) is 41.6 Å². The third kappa shape index (κ3) is 3.99. The molecule has 0 spiro atoms. The zero-order valence-corrected chi connectivity index (χ0v) is 17.1. The molecule has 0 bridgehead atoms. The Hall–Kier alpha value is -2.46. The zero-order valence-electron chi connectivity index (χ0n) is 15.2. The predicted octanol–water partition coefficient (Wildman–Crippen LogP) is 2.77. The SMILES string of the molecule is O=[N+]([O-])c1cnc2c(ccn2S(=O)(=O)c2ccccc2)c1NC1CCOCC1.[Fe]. The van der Waals surface area contributed by atoms with E-state index in [0.717, 1.165) is 10.2 Å². The molecule has 0 amide bonds. The average Bonchev–Trinajstić information content (AvgIpc) is 3.15. The minimum atomic E-state index is -3.87. The average molecular weight is 458 g/mol. The number of fused-ring (bicyclic) bond motifs is 1. The van der Waals surface area contributed by atoms with E-state index in [2.05, 4.69) is 10.3 Å². The van der Waals surface area contributed by atoms with Gasteiger partial charge in [0.1, 0.15) is 11.9 Å². The summed E-state index contributed by atoms with van der Waals surface area (Å²) in [5.41, 5.74) is 0.238. The summed E-state index contributed by atoms with van der Waals surface area (Å²) in [6.07, 6.45) is 3.90. The number of ether oxygens (including phenoxy) is 1. The molecule has 4 rings (SSSR count). The Kier molecular flexibility index (Phi) is 6.23. The van der Waals surface area contributed by atoms with E-state index in [4.69, 9.17) is 4.74 Å². The molecule has 0 aliphatic carbocycles. The Morgan fingerprint density at radius 3 is 2.52 bits per heavy atom. The van der Waals surface area contributed by atoms with E-state index >= 15 is 0 Å². The van der Waals surface area contributed by atoms with E-state index in [1.165, 1.54) is 24.4 Å². The molecule has 1 aliphatic heterocycles. The molecule has 0 radical (unpaired) electrons. The molecule has 0 saturated carbocycles. The van der Waals surface area contributed by atoms with Crippen LogP contribution in [0.3, 0.4) is 0 Å². The molecule has 3 heterocycles. The van der Waals surface area contributed by atoms with Crippen molar-refractivity contribution in [3.05, 3.63) is 58.9 Å². The van der Waals surface area contributed by atoms with Crippen molar-refractivity contribution in [1.82, 2.24) is 8.96 Å². The van der Waals surface area contributed by atoms with Crippen LogP contribution in [0.15, 0.2) is 53.7 Å². The number of anilines is 1. The second-order valence-electron chi connectivity index (χ2n) is 6.47. The molecule has 0 unspecified atom stereocenters. The molecule has 154 valence electrons. The van der Waals surface area contributed by atoms with Crippen LogP contribution in [0.4, 0.5) is 11.4 Å². The normalized spacial score (nSPS) is 15.0. The van der Waals surface area contributed by atoms with Gasteiger partial charge in [0.25, 0.3) is 10.0 Å². The largest absolute Gasteiger partial charge is 0.381 e. The van der Waals surface area contributed by atoms with Gasteiger partial charge in [0.2, 0.25) is 0 Å². The fourth-order valence-electron chi connectivity index (χ4n) is 3.29. The molecule has 1 aliphatic rings. The van der Waals surface area contributed by atoms with E-state index in [1.807, 2.05) is 0 Å². The summed E-state index contributed by atoms with van der Waals surface area (Å²) in [4.78, 5) is 15.2. The van der Waals surface area contributed by atoms with Crippen molar-refractivity contribution in [3.8, 4) is 0 Å². The predicted molar refractivity (Wildman–Crippen MR) is 103 cm³/mol. The van der Waals surface area contributed by atoms with Crippen molar-refractivity contribution >= 4 is 32.4 Å². The Bertz CT molecular complexity index is 1130. The van der Waals surface area contributed by atoms with Crippen molar-refractivity contribution in [2.75, 3.05) is 18.5 Å². The van der Waals surface area contributed by atoms with Crippen LogP contribution < -0.4 is 5.32 Å². The number of hydrogen-bond acceptors (Lipinski definition) is 7. The molecule has 1 aromatic carbocycles. The Morgan fingerprint density at radius 1 is 1.17 bits per heavy atom. The molecule has 29 heavy (non-hydrogen) atoms. The van der Waals surface area contributed by atoms with E-state index in [9.17, 15) is 18.5 Å². The Balaban J connectivity index is 0.00000240. The summed E-state index contributed by atoms with van der Waals surface area (Å²) in [7, 11) is -3.87. The van der Waals surface area contributed by atoms with Gasteiger partial charge in [-0.3, -0.25) is 10.1 Å². The number of nitrogens with zero attached hydrogens (tertiary/aromatic N) is 3. The molecule has 0 atom stereocenters. The summed E-state index contributed by atoms with van der Waals surface area (Å²) in [5, 5.41) is 15.1. The maximum atomic E-state index is 13.0. The molecule has 9 nitrogen and oxygen atoms in total. The number of aromatic nitrogens is 2. The molecular formula is C18H18FeN4O5S. The number of pyridine rings is 1. The van der Waals surface area contributed by atoms with Crippen molar-refractivity contribution in [2.45, 2.75) is 23.8 Å². The number of nitro groups is 1. The number of rotatable bonds is 5.